The SMILES string of the molecule is CC(=O)C(C)(C)C.CCc1cc(C)cc(CC)c1C1=C(C2CC2)CC(CCO)CC1=O. The van der Waals surface area contributed by atoms with Crippen molar-refractivity contribution in [3.63, 3.8) is 0 Å². The second kappa shape index (κ2) is 10.7. The Morgan fingerprint density at radius 2 is 1.58 bits per heavy atom. The number of aryl methyl sites for hydroxylation is 3. The monoisotopic (exact) mass is 426 g/mol. The Morgan fingerprint density at radius 3 is 1.97 bits per heavy atom. The summed E-state index contributed by atoms with van der Waals surface area (Å²) in [6.45, 7) is 14.1. The first-order valence-corrected chi connectivity index (χ1v) is 12.0. The zero-order chi connectivity index (χ0) is 23.3. The van der Waals surface area contributed by atoms with Gasteiger partial charge in [0.15, 0.2) is 5.78 Å². The summed E-state index contributed by atoms with van der Waals surface area (Å²) in [6.07, 6.45) is 6.76. The van der Waals surface area contributed by atoms with Crippen LogP contribution in [0.25, 0.3) is 5.57 Å². The van der Waals surface area contributed by atoms with E-state index in [4.69, 9.17) is 0 Å². The Morgan fingerprint density at radius 1 is 1.06 bits per heavy atom. The van der Waals surface area contributed by atoms with Crippen LogP contribution in [0.5, 0.6) is 0 Å². The van der Waals surface area contributed by atoms with Crippen molar-refractivity contribution in [1.29, 1.82) is 0 Å². The Kier molecular flexibility index (Phi) is 8.83. The number of hydrogen-bond donors (Lipinski definition) is 1. The largest absolute Gasteiger partial charge is 0.396 e. The number of rotatable bonds is 6. The standard InChI is InChI=1S/C22H30O2.C6H12O/c1-4-16-10-14(3)11-17(5-2)21(16)22-19(18-6-7-18)12-15(8-9-23)13-20(22)24;1-5(7)6(2,3)4/h10-11,15,18,23H,4-9,12-13H2,1-3H3;1-4H3. The van der Waals surface area contributed by atoms with E-state index >= 15 is 0 Å². The Hall–Kier alpha value is -1.74. The maximum atomic E-state index is 13.1. The van der Waals surface area contributed by atoms with E-state index < -0.39 is 0 Å². The van der Waals surface area contributed by atoms with Gasteiger partial charge in [0.2, 0.25) is 0 Å². The van der Waals surface area contributed by atoms with Gasteiger partial charge >= 0.3 is 0 Å². The molecule has 3 rings (SSSR count). The van der Waals surface area contributed by atoms with Crippen LogP contribution in [0.4, 0.5) is 0 Å². The first kappa shape index (κ1) is 25.5. The summed E-state index contributed by atoms with van der Waals surface area (Å²) in [5.41, 5.74) is 7.52. The average molecular weight is 427 g/mol. The number of carbonyl (C=O) groups is 2. The minimum absolute atomic E-state index is 0.139. The molecule has 172 valence electrons. The number of ketones is 2. The smallest absolute Gasteiger partial charge is 0.163 e. The van der Waals surface area contributed by atoms with Crippen molar-refractivity contribution in [1.82, 2.24) is 0 Å². The molecule has 0 aromatic heterocycles. The van der Waals surface area contributed by atoms with E-state index in [1.807, 2.05) is 20.8 Å². The van der Waals surface area contributed by atoms with Crippen LogP contribution >= 0.6 is 0 Å². The maximum Gasteiger partial charge on any atom is 0.163 e. The molecule has 1 aromatic carbocycles. The second-order valence-electron chi connectivity index (χ2n) is 10.4. The van der Waals surface area contributed by atoms with Crippen LogP contribution in [-0.4, -0.2) is 23.3 Å². The molecule has 1 unspecified atom stereocenters. The summed E-state index contributed by atoms with van der Waals surface area (Å²) in [5, 5.41) is 9.30. The molecule has 1 saturated carbocycles. The van der Waals surface area contributed by atoms with Gasteiger partial charge in [0.05, 0.1) is 0 Å². The molecule has 0 aliphatic heterocycles. The molecule has 31 heavy (non-hydrogen) atoms. The molecule has 0 amide bonds. The maximum absolute atomic E-state index is 13.1. The molecule has 0 bridgehead atoms. The molecule has 3 heteroatoms. The Balaban J connectivity index is 0.000000423. The highest BCUT2D eigenvalue weighted by molar-refractivity contribution is 6.23. The molecule has 0 saturated heterocycles. The predicted octanol–water partition coefficient (Wildman–Crippen LogP) is 6.27. The molecule has 2 aliphatic rings. The molecule has 1 N–H and O–H groups in total. The third-order valence-electron chi connectivity index (χ3n) is 6.70. The predicted molar refractivity (Wildman–Crippen MR) is 129 cm³/mol. The van der Waals surface area contributed by atoms with Crippen molar-refractivity contribution in [2.24, 2.45) is 17.3 Å². The van der Waals surface area contributed by atoms with Gasteiger partial charge in [-0.05, 0) is 80.9 Å². The minimum atomic E-state index is -0.139. The van der Waals surface area contributed by atoms with Gasteiger partial charge in [-0.25, -0.2) is 0 Å². The van der Waals surface area contributed by atoms with E-state index in [1.165, 1.54) is 40.7 Å². The Labute approximate surface area is 189 Å². The average Bonchev–Trinajstić information content (AvgIpc) is 3.52. The highest BCUT2D eigenvalue weighted by Crippen LogP contribution is 2.48. The number of hydrogen-bond acceptors (Lipinski definition) is 3. The number of allylic oxidation sites excluding steroid dienone is 2. The molecule has 1 fully saturated rings. The fourth-order valence-electron chi connectivity index (χ4n) is 4.34. The highest BCUT2D eigenvalue weighted by atomic mass is 16.3. The lowest BCUT2D eigenvalue weighted by Gasteiger charge is -2.29. The van der Waals surface area contributed by atoms with Crippen LogP contribution in [0.3, 0.4) is 0 Å². The third kappa shape index (κ3) is 6.62. The normalized spacial score (nSPS) is 19.2. The molecule has 1 atom stereocenters. The van der Waals surface area contributed by atoms with Crippen LogP contribution in [0.1, 0.15) is 95.9 Å². The van der Waals surface area contributed by atoms with Crippen molar-refractivity contribution in [2.45, 2.75) is 93.4 Å². The van der Waals surface area contributed by atoms with E-state index in [0.29, 0.717) is 24.0 Å². The van der Waals surface area contributed by atoms with E-state index in [9.17, 15) is 14.7 Å². The van der Waals surface area contributed by atoms with Gasteiger partial charge in [-0.3, -0.25) is 9.59 Å². The summed E-state index contributed by atoms with van der Waals surface area (Å²) in [4.78, 5) is 23.6. The number of benzene rings is 1. The fraction of sp³-hybridized carbons (Fsp3) is 0.643. The zero-order valence-electron chi connectivity index (χ0n) is 20.7. The lowest BCUT2D eigenvalue weighted by Crippen LogP contribution is -2.22. The van der Waals surface area contributed by atoms with Crippen LogP contribution in [0, 0.1) is 24.2 Å². The van der Waals surface area contributed by atoms with Crippen LogP contribution < -0.4 is 0 Å². The summed E-state index contributed by atoms with van der Waals surface area (Å²) in [5.74, 6) is 1.51. The molecule has 0 radical (unpaired) electrons. The van der Waals surface area contributed by atoms with Crippen LogP contribution in [0.2, 0.25) is 0 Å². The van der Waals surface area contributed by atoms with Gasteiger partial charge in [0, 0.05) is 24.0 Å². The number of aliphatic hydroxyl groups excluding tert-OH is 1. The molecule has 2 aliphatic carbocycles. The minimum Gasteiger partial charge on any atom is -0.396 e. The van der Waals surface area contributed by atoms with Crippen molar-refractivity contribution in [3.05, 3.63) is 40.0 Å². The summed E-state index contributed by atoms with van der Waals surface area (Å²) >= 11 is 0. The van der Waals surface area contributed by atoms with Crippen LogP contribution in [0.15, 0.2) is 17.7 Å². The number of Topliss-reactive ketones (excluding diaryl/α,β-unsaturated/α-hetero) is 2. The molecule has 1 aromatic rings. The number of aliphatic hydroxyl groups is 1. The molecule has 3 nitrogen and oxygen atoms in total. The van der Waals surface area contributed by atoms with Gasteiger partial charge in [0.1, 0.15) is 5.78 Å². The Bertz CT molecular complexity index is 809. The van der Waals surface area contributed by atoms with E-state index in [-0.39, 0.29) is 17.8 Å². The molecule has 0 heterocycles. The summed E-state index contributed by atoms with van der Waals surface area (Å²) < 4.78 is 0. The second-order valence-corrected chi connectivity index (χ2v) is 10.4. The lowest BCUT2D eigenvalue weighted by atomic mass is 9.75. The third-order valence-corrected chi connectivity index (χ3v) is 6.70. The van der Waals surface area contributed by atoms with E-state index in [2.05, 4.69) is 32.9 Å². The lowest BCUT2D eigenvalue weighted by molar-refractivity contribution is -0.124. The van der Waals surface area contributed by atoms with Crippen molar-refractivity contribution in [2.75, 3.05) is 6.61 Å². The van der Waals surface area contributed by atoms with Crippen molar-refractivity contribution in [3.8, 4) is 0 Å². The molecular formula is C28H42O3. The van der Waals surface area contributed by atoms with Gasteiger partial charge in [-0.15, -0.1) is 0 Å². The fourth-order valence-corrected chi connectivity index (χ4v) is 4.34. The van der Waals surface area contributed by atoms with Gasteiger partial charge in [-0.1, -0.05) is 57.9 Å². The first-order valence-electron chi connectivity index (χ1n) is 12.0. The van der Waals surface area contributed by atoms with E-state index in [0.717, 1.165) is 31.3 Å². The molecule has 0 spiro atoms. The zero-order valence-corrected chi connectivity index (χ0v) is 20.7. The van der Waals surface area contributed by atoms with Gasteiger partial charge in [0.25, 0.3) is 0 Å². The van der Waals surface area contributed by atoms with Crippen molar-refractivity contribution < 1.29 is 14.7 Å². The first-order chi connectivity index (χ1) is 14.5. The highest BCUT2D eigenvalue weighted by Gasteiger charge is 2.37. The quantitative estimate of drug-likeness (QED) is 0.583. The summed E-state index contributed by atoms with van der Waals surface area (Å²) in [7, 11) is 0. The topological polar surface area (TPSA) is 54.4 Å². The molecular weight excluding hydrogens is 384 g/mol. The summed E-state index contributed by atoms with van der Waals surface area (Å²) in [6, 6.07) is 4.53. The van der Waals surface area contributed by atoms with Crippen molar-refractivity contribution >= 4 is 17.1 Å². The van der Waals surface area contributed by atoms with E-state index in [1.54, 1.807) is 6.92 Å². The van der Waals surface area contributed by atoms with Gasteiger partial charge < -0.3 is 5.11 Å². The van der Waals surface area contributed by atoms with Gasteiger partial charge in [-0.2, -0.15) is 0 Å². The number of carbonyl (C=O) groups excluding carboxylic acids is 2. The van der Waals surface area contributed by atoms with Crippen LogP contribution in [-0.2, 0) is 22.4 Å².